The number of nitrogens with one attached hydrogen (secondary N) is 1. The Balaban J connectivity index is 1.68. The number of aromatic nitrogens is 3. The summed E-state index contributed by atoms with van der Waals surface area (Å²) in [5.74, 6) is -0.437. The first-order valence-electron chi connectivity index (χ1n) is 9.11. The number of hydrogen-bond donors (Lipinski definition) is 1. The standard InChI is InChI=1S/C19H22ClN5O4S/c1-24(13-19(26)21-12-14-5-3-4-6-16(14)20)30(27,28)15-7-8-18-17(11-15)22-23-25(18)9-10-29-2/h3-8,11H,9-10,12-13H2,1-2H3,(H,21,26). The van der Waals surface area contributed by atoms with Crippen molar-refractivity contribution in [1.82, 2.24) is 24.6 Å². The third-order valence-electron chi connectivity index (χ3n) is 4.50. The molecule has 0 bridgehead atoms. The largest absolute Gasteiger partial charge is 0.383 e. The lowest BCUT2D eigenvalue weighted by Gasteiger charge is -2.17. The van der Waals surface area contributed by atoms with Crippen LogP contribution in [0.25, 0.3) is 11.0 Å². The molecule has 0 radical (unpaired) electrons. The number of halogens is 1. The highest BCUT2D eigenvalue weighted by Gasteiger charge is 2.24. The number of carbonyl (C=O) groups excluding carboxylic acids is 1. The number of ether oxygens (including phenoxy) is 1. The summed E-state index contributed by atoms with van der Waals surface area (Å²) in [5, 5.41) is 11.2. The van der Waals surface area contributed by atoms with Crippen molar-refractivity contribution >= 4 is 38.6 Å². The summed E-state index contributed by atoms with van der Waals surface area (Å²) in [6, 6.07) is 11.7. The lowest BCUT2D eigenvalue weighted by molar-refractivity contribution is -0.121. The monoisotopic (exact) mass is 451 g/mol. The summed E-state index contributed by atoms with van der Waals surface area (Å²) in [6.07, 6.45) is 0. The van der Waals surface area contributed by atoms with E-state index in [0.29, 0.717) is 29.2 Å². The van der Waals surface area contributed by atoms with E-state index < -0.39 is 15.9 Å². The molecule has 1 aromatic heterocycles. The van der Waals surface area contributed by atoms with Gasteiger partial charge in [-0.1, -0.05) is 35.0 Å². The first kappa shape index (κ1) is 22.2. The Morgan fingerprint density at radius 2 is 2.03 bits per heavy atom. The third kappa shape index (κ3) is 4.96. The summed E-state index contributed by atoms with van der Waals surface area (Å²) < 4.78 is 33.4. The SMILES string of the molecule is COCCn1nnc2cc(S(=O)(=O)N(C)CC(=O)NCc3ccccc3Cl)ccc21. The van der Waals surface area contributed by atoms with Gasteiger partial charge in [-0.05, 0) is 29.8 Å². The quantitative estimate of drug-likeness (QED) is 0.530. The molecule has 11 heteroatoms. The molecule has 30 heavy (non-hydrogen) atoms. The number of likely N-dealkylation sites (N-methyl/N-ethyl adjacent to an activating group) is 1. The van der Waals surface area contributed by atoms with Crippen LogP contribution in [0.4, 0.5) is 0 Å². The van der Waals surface area contributed by atoms with Crippen molar-refractivity contribution in [2.45, 2.75) is 18.0 Å². The van der Waals surface area contributed by atoms with Gasteiger partial charge >= 0.3 is 0 Å². The topological polar surface area (TPSA) is 106 Å². The zero-order valence-electron chi connectivity index (χ0n) is 16.6. The Kier molecular flexibility index (Phi) is 7.03. The van der Waals surface area contributed by atoms with Gasteiger partial charge in [-0.25, -0.2) is 13.1 Å². The molecule has 1 heterocycles. The van der Waals surface area contributed by atoms with E-state index in [9.17, 15) is 13.2 Å². The maximum absolute atomic E-state index is 12.9. The van der Waals surface area contributed by atoms with E-state index in [1.807, 2.05) is 6.07 Å². The van der Waals surface area contributed by atoms with Gasteiger partial charge < -0.3 is 10.1 Å². The van der Waals surface area contributed by atoms with Crippen molar-refractivity contribution in [3.8, 4) is 0 Å². The number of amides is 1. The lowest BCUT2D eigenvalue weighted by Crippen LogP contribution is -2.38. The minimum absolute atomic E-state index is 0.0372. The van der Waals surface area contributed by atoms with E-state index in [-0.39, 0.29) is 18.0 Å². The van der Waals surface area contributed by atoms with E-state index in [0.717, 1.165) is 9.87 Å². The Morgan fingerprint density at radius 1 is 1.27 bits per heavy atom. The van der Waals surface area contributed by atoms with Gasteiger partial charge in [0.15, 0.2) is 0 Å². The molecule has 0 saturated heterocycles. The summed E-state index contributed by atoms with van der Waals surface area (Å²) in [6.45, 7) is 0.851. The Bertz CT molecular complexity index is 1150. The highest BCUT2D eigenvalue weighted by atomic mass is 35.5. The Hall–Kier alpha value is -2.53. The predicted molar refractivity (Wildman–Crippen MR) is 113 cm³/mol. The number of rotatable bonds is 9. The molecule has 160 valence electrons. The van der Waals surface area contributed by atoms with E-state index >= 15 is 0 Å². The summed E-state index contributed by atoms with van der Waals surface area (Å²) in [4.78, 5) is 12.3. The Morgan fingerprint density at radius 3 is 2.77 bits per heavy atom. The molecule has 9 nitrogen and oxygen atoms in total. The smallest absolute Gasteiger partial charge is 0.243 e. The number of hydrogen-bond acceptors (Lipinski definition) is 6. The molecule has 0 fully saturated rings. The second-order valence-electron chi connectivity index (χ2n) is 6.59. The summed E-state index contributed by atoms with van der Waals surface area (Å²) in [7, 11) is -0.941. The molecule has 1 amide bonds. The van der Waals surface area contributed by atoms with Crippen molar-refractivity contribution in [1.29, 1.82) is 0 Å². The van der Waals surface area contributed by atoms with Gasteiger partial charge in [-0.3, -0.25) is 4.79 Å². The van der Waals surface area contributed by atoms with E-state index in [1.165, 1.54) is 19.2 Å². The summed E-state index contributed by atoms with van der Waals surface area (Å²) >= 11 is 6.07. The van der Waals surface area contributed by atoms with Gasteiger partial charge in [0.2, 0.25) is 15.9 Å². The van der Waals surface area contributed by atoms with Gasteiger partial charge in [-0.15, -0.1) is 5.10 Å². The molecule has 3 rings (SSSR count). The average molecular weight is 452 g/mol. The molecule has 0 aliphatic rings. The van der Waals surface area contributed by atoms with Gasteiger partial charge in [0, 0.05) is 25.7 Å². The zero-order valence-corrected chi connectivity index (χ0v) is 18.2. The van der Waals surface area contributed by atoms with Crippen molar-refractivity contribution < 1.29 is 17.9 Å². The van der Waals surface area contributed by atoms with Gasteiger partial charge in [0.25, 0.3) is 0 Å². The molecule has 0 spiro atoms. The normalized spacial score (nSPS) is 11.9. The first-order chi connectivity index (χ1) is 14.3. The maximum Gasteiger partial charge on any atom is 0.243 e. The van der Waals surface area contributed by atoms with Crippen LogP contribution in [0, 0.1) is 0 Å². The molecular formula is C19H22ClN5O4S. The second kappa shape index (κ2) is 9.52. The molecule has 0 saturated carbocycles. The van der Waals surface area contributed by atoms with Gasteiger partial charge in [0.05, 0.1) is 30.1 Å². The molecule has 0 unspecified atom stereocenters. The van der Waals surface area contributed by atoms with E-state index in [4.69, 9.17) is 16.3 Å². The predicted octanol–water partition coefficient (Wildman–Crippen LogP) is 1.67. The molecule has 0 aliphatic heterocycles. The molecule has 2 aromatic carbocycles. The first-order valence-corrected chi connectivity index (χ1v) is 10.9. The second-order valence-corrected chi connectivity index (χ2v) is 9.04. The average Bonchev–Trinajstić information content (AvgIpc) is 3.13. The van der Waals surface area contributed by atoms with Crippen molar-refractivity contribution in [2.75, 3.05) is 27.3 Å². The van der Waals surface area contributed by atoms with Crippen molar-refractivity contribution in [2.24, 2.45) is 0 Å². The minimum Gasteiger partial charge on any atom is -0.383 e. The van der Waals surface area contributed by atoms with Crippen LogP contribution in [0.2, 0.25) is 5.02 Å². The van der Waals surface area contributed by atoms with Crippen molar-refractivity contribution in [3.05, 3.63) is 53.1 Å². The molecule has 0 aliphatic carbocycles. The number of fused-ring (bicyclic) bond motifs is 1. The van der Waals surface area contributed by atoms with Crippen LogP contribution in [0.3, 0.4) is 0 Å². The summed E-state index contributed by atoms with van der Waals surface area (Å²) in [5.41, 5.74) is 1.90. The van der Waals surface area contributed by atoms with Crippen LogP contribution in [0.5, 0.6) is 0 Å². The van der Waals surface area contributed by atoms with Crippen LogP contribution >= 0.6 is 11.6 Å². The van der Waals surface area contributed by atoms with E-state index in [1.54, 1.807) is 36.1 Å². The molecule has 0 atom stereocenters. The number of sulfonamides is 1. The minimum atomic E-state index is -3.88. The Labute approximate surface area is 179 Å². The molecule has 1 N–H and O–H groups in total. The van der Waals surface area contributed by atoms with Crippen LogP contribution in [-0.2, 0) is 32.6 Å². The van der Waals surface area contributed by atoms with Crippen molar-refractivity contribution in [3.63, 3.8) is 0 Å². The van der Waals surface area contributed by atoms with E-state index in [2.05, 4.69) is 15.6 Å². The number of carbonyl (C=O) groups is 1. The lowest BCUT2D eigenvalue weighted by atomic mass is 10.2. The zero-order chi connectivity index (χ0) is 21.7. The maximum atomic E-state index is 12.9. The third-order valence-corrected chi connectivity index (χ3v) is 6.67. The number of methoxy groups -OCH3 is 1. The van der Waals surface area contributed by atoms with Gasteiger partial charge in [0.1, 0.15) is 5.52 Å². The molecule has 3 aromatic rings. The fourth-order valence-electron chi connectivity index (χ4n) is 2.81. The van der Waals surface area contributed by atoms with Crippen LogP contribution in [-0.4, -0.2) is 60.9 Å². The highest BCUT2D eigenvalue weighted by Crippen LogP contribution is 2.20. The fourth-order valence-corrected chi connectivity index (χ4v) is 4.16. The fraction of sp³-hybridized carbons (Fsp3) is 0.316. The van der Waals surface area contributed by atoms with Crippen LogP contribution < -0.4 is 5.32 Å². The van der Waals surface area contributed by atoms with Gasteiger partial charge in [-0.2, -0.15) is 4.31 Å². The van der Waals surface area contributed by atoms with Crippen LogP contribution in [0.1, 0.15) is 5.56 Å². The number of benzene rings is 2. The van der Waals surface area contributed by atoms with Crippen LogP contribution in [0.15, 0.2) is 47.4 Å². The number of nitrogens with zero attached hydrogens (tertiary/aromatic N) is 4. The molecular weight excluding hydrogens is 430 g/mol. The highest BCUT2D eigenvalue weighted by molar-refractivity contribution is 7.89.